The fourth-order valence-electron chi connectivity index (χ4n) is 8.32. The van der Waals surface area contributed by atoms with E-state index < -0.39 is 0 Å². The summed E-state index contributed by atoms with van der Waals surface area (Å²) in [6.45, 7) is 0. The second kappa shape index (κ2) is 12.3. The standard InChI is InChI=1S/C50H29N5O2/c1-4-19-42-36(14-1)37-15-2-5-20-43(37)55(42)34-13-8-12-32(27-34)49-52-48(53-50(54-49)33-22-23-39-40-24-25-51-29-46(40)56-45(39)28-33)31-11-7-10-30(26-31)35-17-9-18-41-38-16-3-6-21-44(38)57-47(35)41/h1-29H. The molecule has 0 spiro atoms. The van der Waals surface area contributed by atoms with Crippen LogP contribution >= 0.6 is 0 Å². The lowest BCUT2D eigenvalue weighted by Crippen LogP contribution is -2.01. The first-order valence-corrected chi connectivity index (χ1v) is 18.9. The molecule has 0 fully saturated rings. The third-order valence-corrected chi connectivity index (χ3v) is 10.9. The van der Waals surface area contributed by atoms with Gasteiger partial charge in [-0.15, -0.1) is 0 Å². The molecule has 0 aliphatic heterocycles. The molecule has 5 heterocycles. The Labute approximate surface area is 325 Å². The number of hydrogen-bond acceptors (Lipinski definition) is 6. The summed E-state index contributed by atoms with van der Waals surface area (Å²) in [6, 6.07) is 56.4. The van der Waals surface area contributed by atoms with Crippen LogP contribution in [0.3, 0.4) is 0 Å². The van der Waals surface area contributed by atoms with Gasteiger partial charge < -0.3 is 13.4 Å². The summed E-state index contributed by atoms with van der Waals surface area (Å²) in [6.07, 6.45) is 3.53. The van der Waals surface area contributed by atoms with Crippen LogP contribution in [-0.4, -0.2) is 24.5 Å². The van der Waals surface area contributed by atoms with Crippen LogP contribution in [0.5, 0.6) is 0 Å². The highest BCUT2D eigenvalue weighted by Crippen LogP contribution is 2.38. The lowest BCUT2D eigenvalue weighted by Gasteiger charge is -2.12. The maximum atomic E-state index is 6.43. The molecule has 0 aliphatic rings. The monoisotopic (exact) mass is 731 g/mol. The quantitative estimate of drug-likeness (QED) is 0.175. The summed E-state index contributed by atoms with van der Waals surface area (Å²) in [4.78, 5) is 19.7. The fraction of sp³-hybridized carbons (Fsp3) is 0. The van der Waals surface area contributed by atoms with E-state index in [4.69, 9.17) is 23.8 Å². The Morgan fingerprint density at radius 2 is 0.982 bits per heavy atom. The molecule has 0 unspecified atom stereocenters. The van der Waals surface area contributed by atoms with Crippen molar-refractivity contribution >= 4 is 65.7 Å². The van der Waals surface area contributed by atoms with Crippen molar-refractivity contribution in [2.45, 2.75) is 0 Å². The van der Waals surface area contributed by atoms with Crippen LogP contribution in [0.25, 0.3) is 117 Å². The molecular weight excluding hydrogens is 703 g/mol. The van der Waals surface area contributed by atoms with Gasteiger partial charge in [0.25, 0.3) is 0 Å². The third kappa shape index (κ3) is 4.99. The van der Waals surface area contributed by atoms with E-state index in [0.29, 0.717) is 17.5 Å². The second-order valence-corrected chi connectivity index (χ2v) is 14.3. The molecule has 7 aromatic carbocycles. The maximum Gasteiger partial charge on any atom is 0.164 e. The van der Waals surface area contributed by atoms with E-state index in [1.807, 2.05) is 42.5 Å². The van der Waals surface area contributed by atoms with E-state index in [-0.39, 0.29) is 0 Å². The first-order chi connectivity index (χ1) is 28.2. The number of hydrogen-bond donors (Lipinski definition) is 0. The summed E-state index contributed by atoms with van der Waals surface area (Å²) < 4.78 is 15.0. The fourth-order valence-corrected chi connectivity index (χ4v) is 8.32. The van der Waals surface area contributed by atoms with E-state index in [2.05, 4.69) is 131 Å². The van der Waals surface area contributed by atoms with E-state index in [1.54, 1.807) is 12.4 Å². The van der Waals surface area contributed by atoms with Crippen molar-refractivity contribution in [1.82, 2.24) is 24.5 Å². The predicted octanol–water partition coefficient (Wildman–Crippen LogP) is 12.8. The van der Waals surface area contributed by atoms with Gasteiger partial charge in [-0.2, -0.15) is 0 Å². The second-order valence-electron chi connectivity index (χ2n) is 14.3. The average molecular weight is 732 g/mol. The summed E-state index contributed by atoms with van der Waals surface area (Å²) in [5, 5.41) is 6.62. The molecule has 0 saturated carbocycles. The lowest BCUT2D eigenvalue weighted by atomic mass is 10.00. The van der Waals surface area contributed by atoms with Gasteiger partial charge in [0, 0.05) is 66.5 Å². The minimum Gasteiger partial charge on any atom is -0.455 e. The maximum absolute atomic E-state index is 6.43. The van der Waals surface area contributed by atoms with Crippen LogP contribution in [0.1, 0.15) is 0 Å². The van der Waals surface area contributed by atoms with Crippen LogP contribution in [0.2, 0.25) is 0 Å². The SMILES string of the molecule is c1cc(-c2nc(-c3cccc(-n4c5ccccc5c5ccccc54)c3)nc(-c3ccc4c(c3)oc3cnccc34)n2)cc(-c2cccc3c2oc2ccccc23)c1. The predicted molar refractivity (Wildman–Crippen MR) is 228 cm³/mol. The molecule has 0 radical (unpaired) electrons. The van der Waals surface area contributed by atoms with Gasteiger partial charge >= 0.3 is 0 Å². The first kappa shape index (κ1) is 31.5. The zero-order chi connectivity index (χ0) is 37.5. The molecule has 7 nitrogen and oxygen atoms in total. The molecule has 57 heavy (non-hydrogen) atoms. The van der Waals surface area contributed by atoms with Crippen LogP contribution in [0.4, 0.5) is 0 Å². The Morgan fingerprint density at radius 3 is 1.77 bits per heavy atom. The summed E-state index contributed by atoms with van der Waals surface area (Å²) >= 11 is 0. The molecular formula is C50H29N5O2. The molecule has 7 heteroatoms. The zero-order valence-electron chi connectivity index (χ0n) is 30.3. The minimum atomic E-state index is 0.544. The topological polar surface area (TPSA) is 82.8 Å². The van der Waals surface area contributed by atoms with Crippen molar-refractivity contribution in [2.24, 2.45) is 0 Å². The number of nitrogens with zero attached hydrogens (tertiary/aromatic N) is 5. The third-order valence-electron chi connectivity index (χ3n) is 10.9. The number of aromatic nitrogens is 5. The Bertz CT molecular complexity index is 3500. The smallest absolute Gasteiger partial charge is 0.164 e. The van der Waals surface area contributed by atoms with E-state index in [0.717, 1.165) is 88.4 Å². The summed E-state index contributed by atoms with van der Waals surface area (Å²) in [5.74, 6) is 1.67. The van der Waals surface area contributed by atoms with Gasteiger partial charge in [0.05, 0.1) is 17.2 Å². The Balaban J connectivity index is 1.05. The highest BCUT2D eigenvalue weighted by molar-refractivity contribution is 6.10. The van der Waals surface area contributed by atoms with Crippen molar-refractivity contribution < 1.29 is 8.83 Å². The van der Waals surface area contributed by atoms with Crippen molar-refractivity contribution in [1.29, 1.82) is 0 Å². The van der Waals surface area contributed by atoms with Gasteiger partial charge in [0.2, 0.25) is 0 Å². The molecule has 5 aromatic heterocycles. The average Bonchev–Trinajstić information content (AvgIpc) is 3.96. The molecule has 266 valence electrons. The van der Waals surface area contributed by atoms with Gasteiger partial charge in [-0.1, -0.05) is 109 Å². The number of fused-ring (bicyclic) bond motifs is 9. The molecule has 0 aliphatic carbocycles. The Kier molecular flexibility index (Phi) is 6.79. The van der Waals surface area contributed by atoms with E-state index in [1.165, 1.54) is 10.8 Å². The number of pyridine rings is 1. The van der Waals surface area contributed by atoms with Crippen LogP contribution < -0.4 is 0 Å². The van der Waals surface area contributed by atoms with Crippen molar-refractivity contribution in [3.63, 3.8) is 0 Å². The highest BCUT2D eigenvalue weighted by Gasteiger charge is 2.18. The van der Waals surface area contributed by atoms with Crippen molar-refractivity contribution in [3.05, 3.63) is 176 Å². The Morgan fingerprint density at radius 1 is 0.386 bits per heavy atom. The van der Waals surface area contributed by atoms with Gasteiger partial charge in [-0.25, -0.2) is 15.0 Å². The van der Waals surface area contributed by atoms with Gasteiger partial charge in [-0.3, -0.25) is 4.98 Å². The normalized spacial score (nSPS) is 11.9. The summed E-state index contributed by atoms with van der Waals surface area (Å²) in [7, 11) is 0. The molecule has 0 bridgehead atoms. The van der Waals surface area contributed by atoms with Crippen molar-refractivity contribution in [3.8, 4) is 51.0 Å². The highest BCUT2D eigenvalue weighted by atomic mass is 16.3. The van der Waals surface area contributed by atoms with Gasteiger partial charge in [0.15, 0.2) is 23.1 Å². The van der Waals surface area contributed by atoms with E-state index in [9.17, 15) is 0 Å². The number of para-hydroxylation sites is 4. The Hall–Kier alpha value is -7.90. The van der Waals surface area contributed by atoms with E-state index >= 15 is 0 Å². The summed E-state index contributed by atoms with van der Waals surface area (Å²) in [5.41, 5.74) is 11.1. The van der Waals surface area contributed by atoms with Crippen LogP contribution in [0.15, 0.2) is 185 Å². The van der Waals surface area contributed by atoms with Crippen molar-refractivity contribution in [2.75, 3.05) is 0 Å². The number of furan rings is 2. The number of rotatable bonds is 5. The largest absolute Gasteiger partial charge is 0.455 e. The molecule has 0 saturated heterocycles. The van der Waals surface area contributed by atoms with Gasteiger partial charge in [0.1, 0.15) is 16.7 Å². The lowest BCUT2D eigenvalue weighted by molar-refractivity contribution is 0.667. The number of benzene rings is 7. The molecule has 0 atom stereocenters. The molecule has 12 aromatic rings. The minimum absolute atomic E-state index is 0.544. The van der Waals surface area contributed by atoms with Gasteiger partial charge in [-0.05, 0) is 60.2 Å². The van der Waals surface area contributed by atoms with Crippen LogP contribution in [-0.2, 0) is 0 Å². The molecule has 0 N–H and O–H groups in total. The zero-order valence-corrected chi connectivity index (χ0v) is 30.3. The first-order valence-electron chi connectivity index (χ1n) is 18.9. The van der Waals surface area contributed by atoms with Crippen LogP contribution in [0, 0.1) is 0 Å². The molecule has 0 amide bonds. The molecule has 12 rings (SSSR count).